The maximum atomic E-state index is 12.2. The first-order valence-electron chi connectivity index (χ1n) is 8.52. The van der Waals surface area contributed by atoms with Crippen molar-refractivity contribution in [1.29, 1.82) is 0 Å². The molecule has 0 radical (unpaired) electrons. The maximum absolute atomic E-state index is 12.2. The fraction of sp³-hybridized carbons (Fsp3) is 0.556. The summed E-state index contributed by atoms with van der Waals surface area (Å²) < 4.78 is 0. The molecule has 1 rings (SSSR count). The molecule has 140 valence electrons. The summed E-state index contributed by atoms with van der Waals surface area (Å²) in [6.45, 7) is 2.19. The second-order valence-electron chi connectivity index (χ2n) is 5.83. The number of hydrogen-bond donors (Lipinski definition) is 2. The van der Waals surface area contributed by atoms with Crippen LogP contribution in [0.4, 0.5) is 0 Å². The smallest absolute Gasteiger partial charge is 0.327 e. The predicted molar refractivity (Wildman–Crippen MR) is 106 cm³/mol. The van der Waals surface area contributed by atoms with Crippen LogP contribution in [0.5, 0.6) is 0 Å². The van der Waals surface area contributed by atoms with Crippen LogP contribution < -0.4 is 5.32 Å². The van der Waals surface area contributed by atoms with E-state index in [9.17, 15) is 14.7 Å². The first kappa shape index (κ1) is 22.1. The number of nitrogens with one attached hydrogen (secondary N) is 1. The third kappa shape index (κ3) is 8.84. The highest BCUT2D eigenvalue weighted by Gasteiger charge is 2.21. The van der Waals surface area contributed by atoms with Crippen LogP contribution in [0.3, 0.4) is 0 Å². The van der Waals surface area contributed by atoms with E-state index in [1.165, 1.54) is 37.8 Å². The average Bonchev–Trinajstić information content (AvgIpc) is 2.55. The van der Waals surface area contributed by atoms with Gasteiger partial charge in [-0.15, -0.1) is 0 Å². The number of halogens is 2. The van der Waals surface area contributed by atoms with Gasteiger partial charge in [-0.2, -0.15) is 11.8 Å². The molecule has 1 atom stereocenters. The molecule has 1 unspecified atom stereocenters. The van der Waals surface area contributed by atoms with Gasteiger partial charge < -0.3 is 10.4 Å². The van der Waals surface area contributed by atoms with Crippen LogP contribution in [0.25, 0.3) is 0 Å². The van der Waals surface area contributed by atoms with Crippen molar-refractivity contribution in [3.8, 4) is 0 Å². The summed E-state index contributed by atoms with van der Waals surface area (Å²) >= 11 is 13.3. The maximum Gasteiger partial charge on any atom is 0.327 e. The first-order chi connectivity index (χ1) is 12.0. The summed E-state index contributed by atoms with van der Waals surface area (Å²) in [5.74, 6) is -0.322. The van der Waals surface area contributed by atoms with Crippen LogP contribution in [0.1, 0.15) is 55.8 Å². The largest absolute Gasteiger partial charge is 0.480 e. The molecular weight excluding hydrogens is 381 g/mol. The third-order valence-corrected chi connectivity index (χ3v) is 5.40. The molecule has 0 fully saturated rings. The zero-order valence-corrected chi connectivity index (χ0v) is 16.7. The molecule has 0 aliphatic rings. The van der Waals surface area contributed by atoms with Gasteiger partial charge in [0.25, 0.3) is 5.91 Å². The van der Waals surface area contributed by atoms with Gasteiger partial charge in [-0.1, -0.05) is 62.2 Å². The van der Waals surface area contributed by atoms with Crippen molar-refractivity contribution in [1.82, 2.24) is 5.32 Å². The second kappa shape index (κ2) is 12.4. The van der Waals surface area contributed by atoms with Crippen LogP contribution >= 0.6 is 35.0 Å². The number of amides is 1. The van der Waals surface area contributed by atoms with Gasteiger partial charge in [-0.3, -0.25) is 4.79 Å². The summed E-state index contributed by atoms with van der Waals surface area (Å²) in [4.78, 5) is 23.6. The van der Waals surface area contributed by atoms with E-state index in [4.69, 9.17) is 23.2 Å². The normalized spacial score (nSPS) is 12.0. The Bertz CT molecular complexity index is 569. The second-order valence-corrected chi connectivity index (χ2v) is 7.82. The molecule has 0 aromatic heterocycles. The molecule has 0 bridgehead atoms. The number of aliphatic carboxylic acids is 1. The van der Waals surface area contributed by atoms with Gasteiger partial charge in [0, 0.05) is 10.8 Å². The molecule has 25 heavy (non-hydrogen) atoms. The lowest BCUT2D eigenvalue weighted by Gasteiger charge is -2.15. The number of hydrogen-bond acceptors (Lipinski definition) is 3. The zero-order chi connectivity index (χ0) is 18.7. The van der Waals surface area contributed by atoms with E-state index in [1.807, 2.05) is 0 Å². The molecule has 0 spiro atoms. The van der Waals surface area contributed by atoms with Gasteiger partial charge >= 0.3 is 5.97 Å². The molecule has 4 nitrogen and oxygen atoms in total. The first-order valence-corrected chi connectivity index (χ1v) is 10.4. The van der Waals surface area contributed by atoms with Crippen LogP contribution in [-0.4, -0.2) is 34.5 Å². The topological polar surface area (TPSA) is 66.4 Å². The molecule has 0 saturated carbocycles. The molecule has 7 heteroatoms. The highest BCUT2D eigenvalue weighted by atomic mass is 35.5. The minimum atomic E-state index is -1.05. The Labute approximate surface area is 163 Å². The average molecular weight is 406 g/mol. The Balaban J connectivity index is 2.39. The van der Waals surface area contributed by atoms with E-state index in [2.05, 4.69) is 12.2 Å². The molecular formula is C18H25Cl2NO3S. The minimum absolute atomic E-state index is 0.203. The fourth-order valence-electron chi connectivity index (χ4n) is 2.27. The number of unbranched alkanes of at least 4 members (excludes halogenated alkanes) is 5. The fourth-order valence-corrected chi connectivity index (χ4v) is 3.80. The molecule has 1 aromatic carbocycles. The lowest BCUT2D eigenvalue weighted by Crippen LogP contribution is -2.42. The van der Waals surface area contributed by atoms with Crippen LogP contribution in [0, 0.1) is 0 Å². The Morgan fingerprint density at radius 2 is 1.84 bits per heavy atom. The van der Waals surface area contributed by atoms with Gasteiger partial charge in [0.05, 0.1) is 10.6 Å². The Hall–Kier alpha value is -0.910. The number of carboxylic acid groups (broad SMARTS) is 1. The van der Waals surface area contributed by atoms with E-state index >= 15 is 0 Å². The van der Waals surface area contributed by atoms with Crippen molar-refractivity contribution in [2.45, 2.75) is 51.5 Å². The lowest BCUT2D eigenvalue weighted by atomic mass is 10.1. The van der Waals surface area contributed by atoms with Crippen LogP contribution in [0.15, 0.2) is 18.2 Å². The number of carboxylic acids is 1. The van der Waals surface area contributed by atoms with Crippen LogP contribution in [0.2, 0.25) is 10.0 Å². The molecule has 1 amide bonds. The summed E-state index contributed by atoms with van der Waals surface area (Å²) in [5.41, 5.74) is 0.221. The van der Waals surface area contributed by atoms with Crippen molar-refractivity contribution in [2.75, 3.05) is 11.5 Å². The molecule has 0 aliphatic carbocycles. The molecule has 2 N–H and O–H groups in total. The third-order valence-electron chi connectivity index (χ3n) is 3.71. The van der Waals surface area contributed by atoms with Crippen molar-refractivity contribution in [2.24, 2.45) is 0 Å². The van der Waals surface area contributed by atoms with Crippen molar-refractivity contribution >= 4 is 46.8 Å². The molecule has 0 aliphatic heterocycles. The number of rotatable bonds is 12. The van der Waals surface area contributed by atoms with E-state index in [-0.39, 0.29) is 10.6 Å². The number of carbonyl (C=O) groups excluding carboxylic acids is 1. The van der Waals surface area contributed by atoms with Gasteiger partial charge in [-0.25, -0.2) is 4.79 Å². The standard InChI is InChI=1S/C18H25Cl2NO3S/c1-2-3-4-5-6-7-10-25-12-16(18(23)24)21-17(22)14-9-8-13(19)11-15(14)20/h8-9,11,16H,2-7,10,12H2,1H3,(H,21,22)(H,23,24). The SMILES string of the molecule is CCCCCCCCSCC(NC(=O)c1ccc(Cl)cc1Cl)C(=O)O. The Morgan fingerprint density at radius 3 is 2.48 bits per heavy atom. The Kier molecular flexibility index (Phi) is 11.0. The van der Waals surface area contributed by atoms with Gasteiger partial charge in [0.1, 0.15) is 6.04 Å². The quantitative estimate of drug-likeness (QED) is 0.464. The van der Waals surface area contributed by atoms with Crippen LogP contribution in [-0.2, 0) is 4.79 Å². The highest BCUT2D eigenvalue weighted by molar-refractivity contribution is 7.99. The zero-order valence-electron chi connectivity index (χ0n) is 14.4. The van der Waals surface area contributed by atoms with E-state index in [0.717, 1.165) is 18.6 Å². The highest BCUT2D eigenvalue weighted by Crippen LogP contribution is 2.21. The monoisotopic (exact) mass is 405 g/mol. The minimum Gasteiger partial charge on any atom is -0.480 e. The number of benzene rings is 1. The molecule has 0 heterocycles. The summed E-state index contributed by atoms with van der Waals surface area (Å²) in [6.07, 6.45) is 7.22. The van der Waals surface area contributed by atoms with Crippen molar-refractivity contribution in [3.63, 3.8) is 0 Å². The summed E-state index contributed by atoms with van der Waals surface area (Å²) in [6, 6.07) is 3.55. The van der Waals surface area contributed by atoms with Gasteiger partial charge in [0.2, 0.25) is 0 Å². The van der Waals surface area contributed by atoms with Gasteiger partial charge in [-0.05, 0) is 30.4 Å². The van der Waals surface area contributed by atoms with E-state index in [0.29, 0.717) is 10.8 Å². The Morgan fingerprint density at radius 1 is 1.16 bits per heavy atom. The van der Waals surface area contributed by atoms with Crippen molar-refractivity contribution < 1.29 is 14.7 Å². The molecule has 0 saturated heterocycles. The molecule has 1 aromatic rings. The summed E-state index contributed by atoms with van der Waals surface area (Å²) in [7, 11) is 0. The van der Waals surface area contributed by atoms with Gasteiger partial charge in [0.15, 0.2) is 0 Å². The number of carbonyl (C=O) groups is 2. The van der Waals surface area contributed by atoms with E-state index in [1.54, 1.807) is 17.8 Å². The summed E-state index contributed by atoms with van der Waals surface area (Å²) in [5, 5.41) is 12.4. The number of thioether (sulfide) groups is 1. The predicted octanol–water partition coefficient (Wildman–Crippen LogP) is 5.27. The van der Waals surface area contributed by atoms with Crippen molar-refractivity contribution in [3.05, 3.63) is 33.8 Å². The lowest BCUT2D eigenvalue weighted by molar-refractivity contribution is -0.138. The van der Waals surface area contributed by atoms with E-state index < -0.39 is 17.9 Å².